The van der Waals surface area contributed by atoms with E-state index in [1.807, 2.05) is 37.3 Å². The Bertz CT molecular complexity index is 2660. The van der Waals surface area contributed by atoms with Gasteiger partial charge in [0, 0.05) is 56.2 Å². The number of aromatic nitrogens is 4. The van der Waals surface area contributed by atoms with Gasteiger partial charge in [-0.1, -0.05) is 55.5 Å². The summed E-state index contributed by atoms with van der Waals surface area (Å²) in [6, 6.07) is 16.0. The van der Waals surface area contributed by atoms with Crippen LogP contribution in [-0.2, 0) is 41.0 Å². The number of fused-ring (bicyclic) bond motifs is 3. The Morgan fingerprint density at radius 2 is 1.30 bits per heavy atom. The number of likely N-dealkylation sites (tertiary alicyclic amines) is 1. The van der Waals surface area contributed by atoms with Crippen molar-refractivity contribution in [1.82, 2.24) is 40.4 Å². The van der Waals surface area contributed by atoms with Crippen LogP contribution in [0.15, 0.2) is 73.1 Å². The third kappa shape index (κ3) is 9.82. The normalized spacial score (nSPS) is 18.7. The van der Waals surface area contributed by atoms with Gasteiger partial charge in [-0.25, -0.2) is 19.6 Å². The Kier molecular flexibility index (Phi) is 14.1. The van der Waals surface area contributed by atoms with Crippen LogP contribution in [0.1, 0.15) is 80.7 Å². The number of hydrogen-bond acceptors (Lipinski definition) is 10. The van der Waals surface area contributed by atoms with Crippen molar-refractivity contribution in [2.75, 3.05) is 53.7 Å². The lowest BCUT2D eigenvalue weighted by Gasteiger charge is -2.34. The van der Waals surface area contributed by atoms with Crippen LogP contribution < -0.4 is 10.6 Å². The van der Waals surface area contributed by atoms with Crippen molar-refractivity contribution >= 4 is 24.0 Å². The monoisotopic (exact) mass is 948 g/mol. The fourth-order valence-electron chi connectivity index (χ4n) is 10.3. The van der Waals surface area contributed by atoms with Gasteiger partial charge in [0.1, 0.15) is 23.7 Å². The zero-order chi connectivity index (χ0) is 48.2. The molecule has 3 aliphatic heterocycles. The fourth-order valence-corrected chi connectivity index (χ4v) is 10.3. The number of carbonyl (C=O) groups excluding carboxylic acids is 4. The maximum absolute atomic E-state index is 16.5. The van der Waals surface area contributed by atoms with E-state index in [2.05, 4.69) is 25.6 Å². The van der Waals surface area contributed by atoms with Gasteiger partial charge in [-0.2, -0.15) is 8.78 Å². The van der Waals surface area contributed by atoms with Crippen molar-refractivity contribution in [3.05, 3.63) is 95.8 Å². The van der Waals surface area contributed by atoms with Crippen molar-refractivity contribution in [1.29, 1.82) is 0 Å². The van der Waals surface area contributed by atoms with Gasteiger partial charge in [0.25, 0.3) is 5.92 Å². The van der Waals surface area contributed by atoms with E-state index in [-0.39, 0.29) is 47.4 Å². The summed E-state index contributed by atoms with van der Waals surface area (Å²) in [5.41, 5.74) is 4.79. The molecular formula is C51H58F2N8O8. The molecule has 3 aromatic carbocycles. The molecule has 2 aromatic heterocycles. The predicted molar refractivity (Wildman–Crippen MR) is 251 cm³/mol. The van der Waals surface area contributed by atoms with Gasteiger partial charge in [-0.15, -0.1) is 0 Å². The zero-order valence-corrected chi connectivity index (χ0v) is 39.0. The molecule has 0 bridgehead atoms. The van der Waals surface area contributed by atoms with Gasteiger partial charge >= 0.3 is 12.2 Å². The van der Waals surface area contributed by atoms with Crippen molar-refractivity contribution in [2.45, 2.75) is 82.5 Å². The number of aromatic amines is 2. The second-order valence-corrected chi connectivity index (χ2v) is 18.2. The van der Waals surface area contributed by atoms with Crippen LogP contribution in [0, 0.1) is 11.8 Å². The van der Waals surface area contributed by atoms with Crippen LogP contribution in [0.25, 0.3) is 44.8 Å². The first-order valence-electron chi connectivity index (χ1n) is 23.8. The number of alkyl carbamates (subject to hydrolysis) is 2. The molecule has 0 saturated carbocycles. The highest BCUT2D eigenvalue weighted by atomic mass is 19.3. The number of hydrogen-bond donors (Lipinski definition) is 4. The lowest BCUT2D eigenvalue weighted by molar-refractivity contribution is -0.137. The maximum Gasteiger partial charge on any atom is 0.407 e. The van der Waals surface area contributed by atoms with Crippen molar-refractivity contribution in [3.63, 3.8) is 0 Å². The van der Waals surface area contributed by atoms with Crippen molar-refractivity contribution in [2.24, 2.45) is 11.8 Å². The molecular weight excluding hydrogens is 891 g/mol. The van der Waals surface area contributed by atoms with Crippen molar-refractivity contribution in [3.8, 4) is 44.8 Å². The van der Waals surface area contributed by atoms with E-state index in [1.165, 1.54) is 20.3 Å². The molecule has 4 amide bonds. The molecule has 9 rings (SSSR count). The summed E-state index contributed by atoms with van der Waals surface area (Å²) in [5, 5.41) is 5.53. The Morgan fingerprint density at radius 3 is 1.94 bits per heavy atom. The number of benzene rings is 3. The molecule has 16 nitrogen and oxygen atoms in total. The Hall–Kier alpha value is -6.66. The van der Waals surface area contributed by atoms with E-state index < -0.39 is 30.2 Å². The summed E-state index contributed by atoms with van der Waals surface area (Å²) in [4.78, 5) is 71.9. The van der Waals surface area contributed by atoms with Crippen LogP contribution in [-0.4, -0.2) is 120 Å². The molecule has 364 valence electrons. The van der Waals surface area contributed by atoms with E-state index in [1.54, 1.807) is 46.5 Å². The van der Waals surface area contributed by atoms with Crippen LogP contribution >= 0.6 is 0 Å². The number of carbonyl (C=O) groups is 4. The number of imidazole rings is 2. The fraction of sp³-hybridized carbons (Fsp3) is 0.451. The number of nitrogens with zero attached hydrogens (tertiary/aromatic N) is 4. The highest BCUT2D eigenvalue weighted by Gasteiger charge is 2.45. The number of ether oxygens (including phenoxy) is 4. The topological polar surface area (TPSA) is 193 Å². The molecule has 0 radical (unpaired) electrons. The number of nitrogens with one attached hydrogen (secondary N) is 4. The van der Waals surface area contributed by atoms with E-state index in [9.17, 15) is 19.2 Å². The Labute approximate surface area is 398 Å². The minimum absolute atomic E-state index is 0.0728. The largest absolute Gasteiger partial charge is 0.453 e. The first-order valence-corrected chi connectivity index (χ1v) is 23.8. The SMILES string of the molecule is CCCN(Cc1ncc(-c2ccc3c(c2)C(F)(F)c2cc(-c4ccc(-c5cnc([C@@H]6CCCN6C(=O)[C@@H](NC(=O)OC)C6CCOCC6)[nH]5)cc4)ccc2-3)[nH]1)C(=O)C(NC(=O)OC)C1CCOCC1. The average molecular weight is 949 g/mol. The second kappa shape index (κ2) is 20.5. The maximum atomic E-state index is 16.5. The predicted octanol–water partition coefficient (Wildman–Crippen LogP) is 7.96. The highest BCUT2D eigenvalue weighted by Crippen LogP contribution is 2.52. The van der Waals surface area contributed by atoms with Crippen LogP contribution in [0.5, 0.6) is 0 Å². The molecule has 3 fully saturated rings. The van der Waals surface area contributed by atoms with Gasteiger partial charge in [-0.05, 0) is 96.7 Å². The molecule has 4 aliphatic rings. The summed E-state index contributed by atoms with van der Waals surface area (Å²) in [5.74, 6) is -2.76. The molecule has 1 aliphatic carbocycles. The summed E-state index contributed by atoms with van der Waals surface area (Å²) >= 11 is 0. The quantitative estimate of drug-likeness (QED) is 0.0849. The van der Waals surface area contributed by atoms with Crippen LogP contribution in [0.4, 0.5) is 18.4 Å². The molecule has 69 heavy (non-hydrogen) atoms. The van der Waals surface area contributed by atoms with Gasteiger partial charge in [0.2, 0.25) is 11.8 Å². The number of methoxy groups -OCH3 is 2. The van der Waals surface area contributed by atoms with Crippen molar-refractivity contribution < 1.29 is 46.9 Å². The third-order valence-corrected chi connectivity index (χ3v) is 14.0. The second-order valence-electron chi connectivity index (χ2n) is 18.2. The minimum Gasteiger partial charge on any atom is -0.453 e. The summed E-state index contributed by atoms with van der Waals surface area (Å²) in [6.07, 6.45) is 6.71. The minimum atomic E-state index is -3.28. The summed E-state index contributed by atoms with van der Waals surface area (Å²) in [7, 11) is 2.54. The molecule has 0 spiro atoms. The number of amides is 4. The Balaban J connectivity index is 0.880. The Morgan fingerprint density at radius 1 is 0.754 bits per heavy atom. The standard InChI is InChI=1S/C51H58F2N8O8/c1-4-19-60(47(62)44(58-49(64)66-2)32-15-21-68-22-16-32)29-43-54-27-41(56-43)35-12-14-37-36-13-11-34(25-38(36)51(52,53)39(37)26-35)30-7-9-31(10-8-30)40-28-55-46(57-40)42-6-5-20-61(42)48(63)45(59-50(65)67-3)33-17-23-69-24-18-33/h7-14,25-28,32-33,42,44-45H,4-6,15-24,29H2,1-3H3,(H,54,56)(H,55,57)(H,58,64)(H,59,65)/t42-,44?,45-/m0/s1. The van der Waals surface area contributed by atoms with Gasteiger partial charge < -0.3 is 49.3 Å². The van der Waals surface area contributed by atoms with Crippen LogP contribution in [0.2, 0.25) is 0 Å². The lowest BCUT2D eigenvalue weighted by atomic mass is 9.90. The molecule has 3 saturated heterocycles. The number of halogens is 2. The van der Waals surface area contributed by atoms with E-state index in [0.717, 1.165) is 23.2 Å². The van der Waals surface area contributed by atoms with E-state index in [0.29, 0.717) is 118 Å². The molecule has 5 heterocycles. The van der Waals surface area contributed by atoms with Gasteiger partial charge in [0.05, 0.1) is 50.6 Å². The van der Waals surface area contributed by atoms with E-state index >= 15 is 8.78 Å². The first kappa shape index (κ1) is 47.4. The van der Waals surface area contributed by atoms with Gasteiger partial charge in [-0.3, -0.25) is 9.59 Å². The molecule has 5 aromatic rings. The molecule has 4 N–H and O–H groups in total. The third-order valence-electron chi connectivity index (χ3n) is 14.0. The van der Waals surface area contributed by atoms with Gasteiger partial charge in [0.15, 0.2) is 0 Å². The lowest BCUT2D eigenvalue weighted by Crippen LogP contribution is -2.53. The molecule has 1 unspecified atom stereocenters. The molecule has 18 heteroatoms. The first-order chi connectivity index (χ1) is 33.5. The van der Waals surface area contributed by atoms with Crippen LogP contribution in [0.3, 0.4) is 0 Å². The average Bonchev–Trinajstić information content (AvgIpc) is 4.22. The number of H-pyrrole nitrogens is 2. The smallest absolute Gasteiger partial charge is 0.407 e. The number of alkyl halides is 2. The summed E-state index contributed by atoms with van der Waals surface area (Å²) in [6.45, 7) is 5.09. The summed E-state index contributed by atoms with van der Waals surface area (Å²) < 4.78 is 53.8. The number of rotatable bonds is 14. The zero-order valence-electron chi connectivity index (χ0n) is 39.0. The van der Waals surface area contributed by atoms with E-state index in [4.69, 9.17) is 23.9 Å². The highest BCUT2D eigenvalue weighted by molar-refractivity contribution is 5.88. The molecule has 3 atom stereocenters.